The number of rotatable bonds is 3. The molecule has 3 rings (SSSR count). The fourth-order valence-electron chi connectivity index (χ4n) is 1.96. The lowest BCUT2D eigenvalue weighted by Crippen LogP contribution is -2.10. The van der Waals surface area contributed by atoms with Crippen molar-refractivity contribution in [2.75, 3.05) is 5.43 Å². The number of aryl methyl sites for hydroxylation is 2. The summed E-state index contributed by atoms with van der Waals surface area (Å²) in [5.41, 5.74) is 5.32. The number of nitrogen functional groups attached to an aromatic ring is 1. The maximum atomic E-state index is 5.91. The van der Waals surface area contributed by atoms with Crippen molar-refractivity contribution in [1.29, 1.82) is 0 Å². The summed E-state index contributed by atoms with van der Waals surface area (Å²) in [5.74, 6) is 7.11. The number of anilines is 1. The van der Waals surface area contributed by atoms with Crippen molar-refractivity contribution in [3.63, 3.8) is 0 Å². The van der Waals surface area contributed by atoms with E-state index >= 15 is 0 Å². The van der Waals surface area contributed by atoms with E-state index in [1.807, 2.05) is 42.6 Å². The molecule has 0 saturated carbocycles. The van der Waals surface area contributed by atoms with Crippen LogP contribution in [0.15, 0.2) is 36.8 Å². The first-order valence-corrected chi connectivity index (χ1v) is 6.23. The van der Waals surface area contributed by atoms with E-state index in [1.54, 1.807) is 12.4 Å². The van der Waals surface area contributed by atoms with Gasteiger partial charge in [-0.25, -0.2) is 10.8 Å². The molecule has 3 N–H and O–H groups in total. The van der Waals surface area contributed by atoms with Gasteiger partial charge in [0, 0.05) is 12.4 Å². The van der Waals surface area contributed by atoms with Crippen LogP contribution in [0, 0.1) is 13.8 Å². The van der Waals surface area contributed by atoms with Gasteiger partial charge in [0.1, 0.15) is 5.75 Å². The molecule has 20 heavy (non-hydrogen) atoms. The normalized spacial score (nSPS) is 10.8. The molecule has 0 bridgehead atoms. The molecule has 0 aliphatic rings. The number of hydrazine groups is 1. The largest absolute Gasteiger partial charge is 0.436 e. The van der Waals surface area contributed by atoms with Gasteiger partial charge in [-0.1, -0.05) is 12.1 Å². The Labute approximate surface area is 116 Å². The summed E-state index contributed by atoms with van der Waals surface area (Å²) in [4.78, 5) is 8.57. The third kappa shape index (κ3) is 2.17. The minimum atomic E-state index is 0.416. The molecule has 0 spiro atoms. The number of nitrogens with one attached hydrogen (secondary N) is 1. The van der Waals surface area contributed by atoms with E-state index in [-0.39, 0.29) is 0 Å². The van der Waals surface area contributed by atoms with E-state index in [1.165, 1.54) is 0 Å². The van der Waals surface area contributed by atoms with Crippen LogP contribution in [0.1, 0.15) is 11.1 Å². The first-order chi connectivity index (χ1) is 9.67. The molecular formula is C14H15N5O. The molecule has 0 aliphatic heterocycles. The number of hydrogen-bond donors (Lipinski definition) is 2. The molecule has 3 aromatic rings. The highest BCUT2D eigenvalue weighted by Gasteiger charge is 2.11. The number of nitrogens with zero attached hydrogens (tertiary/aromatic N) is 3. The number of imidazole rings is 1. The SMILES string of the molecule is Cc1ccc(C)c(Oc2nc(NN)cn3ccnc23)c1. The Morgan fingerprint density at radius 2 is 2.15 bits per heavy atom. The molecule has 0 radical (unpaired) electrons. The summed E-state index contributed by atoms with van der Waals surface area (Å²) in [7, 11) is 0. The van der Waals surface area contributed by atoms with Crippen molar-refractivity contribution in [1.82, 2.24) is 14.4 Å². The number of hydrogen-bond acceptors (Lipinski definition) is 5. The van der Waals surface area contributed by atoms with Crippen molar-refractivity contribution >= 4 is 11.5 Å². The molecule has 102 valence electrons. The lowest BCUT2D eigenvalue weighted by molar-refractivity contribution is 0.462. The highest BCUT2D eigenvalue weighted by molar-refractivity contribution is 5.55. The van der Waals surface area contributed by atoms with Crippen molar-refractivity contribution < 1.29 is 4.74 Å². The molecule has 2 aromatic heterocycles. The second kappa shape index (κ2) is 4.82. The van der Waals surface area contributed by atoms with Crippen LogP contribution in [0.2, 0.25) is 0 Å². The Morgan fingerprint density at radius 3 is 2.95 bits per heavy atom. The maximum absolute atomic E-state index is 5.91. The van der Waals surface area contributed by atoms with Crippen LogP contribution in [0.4, 0.5) is 5.82 Å². The van der Waals surface area contributed by atoms with Gasteiger partial charge in [-0.05, 0) is 31.0 Å². The molecule has 0 saturated heterocycles. The van der Waals surface area contributed by atoms with Gasteiger partial charge in [-0.2, -0.15) is 4.98 Å². The first kappa shape index (κ1) is 12.4. The Bertz CT molecular complexity index is 765. The lowest BCUT2D eigenvalue weighted by atomic mass is 10.1. The molecule has 6 heteroatoms. The quantitative estimate of drug-likeness (QED) is 0.564. The van der Waals surface area contributed by atoms with Crippen LogP contribution in [-0.2, 0) is 0 Å². The summed E-state index contributed by atoms with van der Waals surface area (Å²) in [6, 6.07) is 6.02. The van der Waals surface area contributed by atoms with E-state index in [0.717, 1.165) is 16.9 Å². The number of aromatic nitrogens is 3. The van der Waals surface area contributed by atoms with Crippen molar-refractivity contribution in [3.05, 3.63) is 47.9 Å². The van der Waals surface area contributed by atoms with E-state index in [0.29, 0.717) is 17.3 Å². The van der Waals surface area contributed by atoms with Gasteiger partial charge in [0.25, 0.3) is 5.88 Å². The molecule has 0 amide bonds. The topological polar surface area (TPSA) is 77.5 Å². The third-order valence-corrected chi connectivity index (χ3v) is 3.04. The average Bonchev–Trinajstić information content (AvgIpc) is 2.91. The fraction of sp³-hybridized carbons (Fsp3) is 0.143. The maximum Gasteiger partial charge on any atom is 0.265 e. The molecule has 1 aromatic carbocycles. The van der Waals surface area contributed by atoms with Gasteiger partial charge in [0.15, 0.2) is 5.82 Å². The number of nitrogens with two attached hydrogens (primary N) is 1. The zero-order valence-electron chi connectivity index (χ0n) is 11.3. The van der Waals surface area contributed by atoms with Crippen LogP contribution in [0.25, 0.3) is 5.65 Å². The van der Waals surface area contributed by atoms with E-state index in [9.17, 15) is 0 Å². The first-order valence-electron chi connectivity index (χ1n) is 6.23. The minimum absolute atomic E-state index is 0.416. The molecule has 0 atom stereocenters. The summed E-state index contributed by atoms with van der Waals surface area (Å²) in [6.07, 6.45) is 5.25. The number of benzene rings is 1. The molecule has 0 fully saturated rings. The predicted molar refractivity (Wildman–Crippen MR) is 76.8 cm³/mol. The van der Waals surface area contributed by atoms with Crippen molar-refractivity contribution in [2.24, 2.45) is 5.84 Å². The fourth-order valence-corrected chi connectivity index (χ4v) is 1.96. The van der Waals surface area contributed by atoms with Gasteiger partial charge >= 0.3 is 0 Å². The van der Waals surface area contributed by atoms with Crippen LogP contribution < -0.4 is 16.0 Å². The summed E-state index contributed by atoms with van der Waals surface area (Å²) in [6.45, 7) is 4.01. The highest BCUT2D eigenvalue weighted by Crippen LogP contribution is 2.28. The Balaban J connectivity index is 2.09. The highest BCUT2D eigenvalue weighted by atomic mass is 16.5. The summed E-state index contributed by atoms with van der Waals surface area (Å²) < 4.78 is 7.72. The van der Waals surface area contributed by atoms with Gasteiger partial charge < -0.3 is 10.2 Å². The molecule has 0 unspecified atom stereocenters. The van der Waals surface area contributed by atoms with Crippen molar-refractivity contribution in [2.45, 2.75) is 13.8 Å². The van der Waals surface area contributed by atoms with E-state index in [2.05, 4.69) is 15.4 Å². The smallest absolute Gasteiger partial charge is 0.265 e. The van der Waals surface area contributed by atoms with Gasteiger partial charge in [-0.15, -0.1) is 0 Å². The van der Waals surface area contributed by atoms with Gasteiger partial charge in [0.2, 0.25) is 5.65 Å². The van der Waals surface area contributed by atoms with Crippen LogP contribution in [-0.4, -0.2) is 14.4 Å². The van der Waals surface area contributed by atoms with Crippen molar-refractivity contribution in [3.8, 4) is 11.6 Å². The molecular weight excluding hydrogens is 254 g/mol. The Morgan fingerprint density at radius 1 is 1.30 bits per heavy atom. The second-order valence-corrected chi connectivity index (χ2v) is 4.60. The van der Waals surface area contributed by atoms with Crippen LogP contribution >= 0.6 is 0 Å². The number of ether oxygens (including phenoxy) is 1. The minimum Gasteiger partial charge on any atom is -0.436 e. The van der Waals surface area contributed by atoms with Crippen LogP contribution in [0.3, 0.4) is 0 Å². The monoisotopic (exact) mass is 269 g/mol. The average molecular weight is 269 g/mol. The lowest BCUT2D eigenvalue weighted by Gasteiger charge is -2.11. The standard InChI is InChI=1S/C14H15N5O/c1-9-3-4-10(2)11(7-9)20-14-13-16-5-6-19(13)8-12(17-14)18-15/h3-8,18H,15H2,1-2H3. The number of fused-ring (bicyclic) bond motifs is 1. The van der Waals surface area contributed by atoms with E-state index < -0.39 is 0 Å². The third-order valence-electron chi connectivity index (χ3n) is 3.04. The van der Waals surface area contributed by atoms with E-state index in [4.69, 9.17) is 10.6 Å². The Hall–Kier alpha value is -2.60. The summed E-state index contributed by atoms with van der Waals surface area (Å²) in [5, 5.41) is 0. The second-order valence-electron chi connectivity index (χ2n) is 4.60. The van der Waals surface area contributed by atoms with Gasteiger partial charge in [0.05, 0.1) is 6.20 Å². The van der Waals surface area contributed by atoms with Crippen LogP contribution in [0.5, 0.6) is 11.6 Å². The zero-order chi connectivity index (χ0) is 14.1. The molecule has 6 nitrogen and oxygen atoms in total. The summed E-state index contributed by atoms with van der Waals surface area (Å²) >= 11 is 0. The zero-order valence-corrected chi connectivity index (χ0v) is 11.3. The molecule has 2 heterocycles. The Kier molecular flexibility index (Phi) is 3.00. The molecule has 0 aliphatic carbocycles. The van der Waals surface area contributed by atoms with Gasteiger partial charge in [-0.3, -0.25) is 4.40 Å². The predicted octanol–water partition coefficient (Wildman–Crippen LogP) is 2.42.